The van der Waals surface area contributed by atoms with E-state index in [1.54, 1.807) is 0 Å². The van der Waals surface area contributed by atoms with Gasteiger partial charge in [0.2, 0.25) is 0 Å². The van der Waals surface area contributed by atoms with Crippen LogP contribution in [0.25, 0.3) is 16.9 Å². The van der Waals surface area contributed by atoms with Crippen LogP contribution in [0.5, 0.6) is 0 Å². The quantitative estimate of drug-likeness (QED) is 0.794. The first kappa shape index (κ1) is 15.7. The zero-order chi connectivity index (χ0) is 17.3. The number of carboxylic acid groups (broad SMARTS) is 1. The van der Waals surface area contributed by atoms with E-state index >= 15 is 0 Å². The van der Waals surface area contributed by atoms with Gasteiger partial charge >= 0.3 is 12.1 Å². The van der Waals surface area contributed by atoms with E-state index in [1.165, 1.54) is 42.7 Å². The molecule has 0 aliphatic carbocycles. The van der Waals surface area contributed by atoms with Crippen LogP contribution >= 0.6 is 0 Å². The van der Waals surface area contributed by atoms with Crippen LogP contribution in [0, 0.1) is 0 Å². The Morgan fingerprint density at radius 2 is 1.75 bits per heavy atom. The first-order chi connectivity index (χ1) is 11.4. The van der Waals surface area contributed by atoms with E-state index in [-0.39, 0.29) is 16.9 Å². The van der Waals surface area contributed by atoms with Crippen LogP contribution in [0.1, 0.15) is 15.9 Å². The number of benzene rings is 1. The minimum absolute atomic E-state index is 0.0712. The largest absolute Gasteiger partial charge is 0.478 e. The van der Waals surface area contributed by atoms with Gasteiger partial charge in [0.1, 0.15) is 11.3 Å². The van der Waals surface area contributed by atoms with Gasteiger partial charge in [-0.3, -0.25) is 4.98 Å². The Kier molecular flexibility index (Phi) is 3.80. The lowest BCUT2D eigenvalue weighted by Crippen LogP contribution is -2.11. The number of pyridine rings is 1. The van der Waals surface area contributed by atoms with Gasteiger partial charge in [0.15, 0.2) is 0 Å². The lowest BCUT2D eigenvalue weighted by molar-refractivity contribution is -0.137. The Labute approximate surface area is 134 Å². The van der Waals surface area contributed by atoms with Gasteiger partial charge in [-0.15, -0.1) is 0 Å². The number of alkyl halides is 3. The van der Waals surface area contributed by atoms with Gasteiger partial charge in [0, 0.05) is 24.2 Å². The van der Waals surface area contributed by atoms with Crippen LogP contribution in [-0.4, -0.2) is 25.8 Å². The zero-order valence-electron chi connectivity index (χ0n) is 12.0. The van der Waals surface area contributed by atoms with Crippen molar-refractivity contribution in [2.24, 2.45) is 0 Å². The molecule has 8 heteroatoms. The molecule has 2 heterocycles. The smallest absolute Gasteiger partial charge is 0.418 e. The molecule has 0 radical (unpaired) electrons. The second kappa shape index (κ2) is 5.80. The van der Waals surface area contributed by atoms with Gasteiger partial charge in [-0.2, -0.15) is 18.3 Å². The van der Waals surface area contributed by atoms with E-state index < -0.39 is 17.7 Å². The van der Waals surface area contributed by atoms with Crippen molar-refractivity contribution >= 4 is 5.97 Å². The monoisotopic (exact) mass is 333 g/mol. The standard InChI is InChI=1S/C16H10F3N3O2/c17-16(18,19)12-3-1-2-4-13(12)22-9-11(15(23)24)14(21-22)10-5-7-20-8-6-10/h1-9H,(H,23,24). The van der Waals surface area contributed by atoms with E-state index in [1.807, 2.05) is 0 Å². The number of nitrogens with zero attached hydrogens (tertiary/aromatic N) is 3. The first-order valence-corrected chi connectivity index (χ1v) is 6.78. The fourth-order valence-electron chi connectivity index (χ4n) is 2.29. The molecule has 0 fully saturated rings. The molecule has 0 atom stereocenters. The molecule has 5 nitrogen and oxygen atoms in total. The van der Waals surface area contributed by atoms with Gasteiger partial charge in [-0.05, 0) is 24.3 Å². The number of aromatic carboxylic acids is 1. The number of aromatic nitrogens is 3. The fraction of sp³-hybridized carbons (Fsp3) is 0.0625. The van der Waals surface area contributed by atoms with E-state index in [4.69, 9.17) is 0 Å². The molecule has 1 N–H and O–H groups in total. The average molecular weight is 333 g/mol. The third kappa shape index (κ3) is 2.85. The van der Waals surface area contributed by atoms with E-state index in [0.717, 1.165) is 16.9 Å². The first-order valence-electron chi connectivity index (χ1n) is 6.78. The molecule has 0 amide bonds. The number of para-hydroxylation sites is 1. The molecule has 0 saturated carbocycles. The molecular formula is C16H10F3N3O2. The summed E-state index contributed by atoms with van der Waals surface area (Å²) in [5.74, 6) is -1.28. The Morgan fingerprint density at radius 1 is 1.08 bits per heavy atom. The maximum Gasteiger partial charge on any atom is 0.418 e. The van der Waals surface area contributed by atoms with Crippen LogP contribution in [0.3, 0.4) is 0 Å². The highest BCUT2D eigenvalue weighted by Crippen LogP contribution is 2.34. The lowest BCUT2D eigenvalue weighted by atomic mass is 10.1. The Bertz CT molecular complexity index is 889. The minimum atomic E-state index is -4.58. The van der Waals surface area contributed by atoms with Crippen molar-refractivity contribution in [1.82, 2.24) is 14.8 Å². The van der Waals surface area contributed by atoms with Crippen molar-refractivity contribution in [3.05, 3.63) is 66.1 Å². The van der Waals surface area contributed by atoms with Crippen molar-refractivity contribution in [1.29, 1.82) is 0 Å². The Balaban J connectivity index is 2.20. The van der Waals surface area contributed by atoms with Crippen molar-refractivity contribution < 1.29 is 23.1 Å². The summed E-state index contributed by atoms with van der Waals surface area (Å²) < 4.78 is 40.4. The normalized spacial score (nSPS) is 11.5. The summed E-state index contributed by atoms with van der Waals surface area (Å²) in [4.78, 5) is 15.3. The van der Waals surface area contributed by atoms with Crippen molar-refractivity contribution in [2.45, 2.75) is 6.18 Å². The molecule has 122 valence electrons. The van der Waals surface area contributed by atoms with E-state index in [2.05, 4.69) is 10.1 Å². The second-order valence-corrected chi connectivity index (χ2v) is 4.89. The number of hydrogen-bond donors (Lipinski definition) is 1. The summed E-state index contributed by atoms with van der Waals surface area (Å²) >= 11 is 0. The topological polar surface area (TPSA) is 68.0 Å². The fourth-order valence-corrected chi connectivity index (χ4v) is 2.29. The maximum atomic E-state index is 13.2. The van der Waals surface area contributed by atoms with E-state index in [0.29, 0.717) is 5.56 Å². The molecule has 3 rings (SSSR count). The predicted octanol–water partition coefficient (Wildman–Crippen LogP) is 3.65. The van der Waals surface area contributed by atoms with Gasteiger partial charge in [-0.1, -0.05) is 12.1 Å². The third-order valence-corrected chi connectivity index (χ3v) is 3.35. The summed E-state index contributed by atoms with van der Waals surface area (Å²) in [6.07, 6.45) is -0.612. The maximum absolute atomic E-state index is 13.2. The SMILES string of the molecule is O=C(O)c1cn(-c2ccccc2C(F)(F)F)nc1-c1ccncc1. The van der Waals surface area contributed by atoms with Crippen LogP contribution < -0.4 is 0 Å². The lowest BCUT2D eigenvalue weighted by Gasteiger charge is -2.12. The molecule has 1 aromatic carbocycles. The third-order valence-electron chi connectivity index (χ3n) is 3.35. The highest BCUT2D eigenvalue weighted by molar-refractivity contribution is 5.94. The molecule has 0 aliphatic rings. The highest BCUT2D eigenvalue weighted by atomic mass is 19.4. The van der Waals surface area contributed by atoms with Gasteiger partial charge < -0.3 is 5.11 Å². The highest BCUT2D eigenvalue weighted by Gasteiger charge is 2.34. The molecular weight excluding hydrogens is 323 g/mol. The number of rotatable bonds is 3. The summed E-state index contributed by atoms with van der Waals surface area (Å²) in [6, 6.07) is 7.92. The predicted molar refractivity (Wildman–Crippen MR) is 78.8 cm³/mol. The molecule has 0 unspecified atom stereocenters. The molecule has 3 aromatic rings. The molecule has 0 saturated heterocycles. The van der Waals surface area contributed by atoms with E-state index in [9.17, 15) is 23.1 Å². The summed E-state index contributed by atoms with van der Waals surface area (Å²) in [5, 5.41) is 13.4. The van der Waals surface area contributed by atoms with Gasteiger partial charge in [0.05, 0.1) is 11.3 Å². The number of halogens is 3. The summed E-state index contributed by atoms with van der Waals surface area (Å²) in [5.41, 5.74) is -0.816. The number of hydrogen-bond acceptors (Lipinski definition) is 3. The van der Waals surface area contributed by atoms with Crippen molar-refractivity contribution in [3.63, 3.8) is 0 Å². The molecule has 0 aliphatic heterocycles. The van der Waals surface area contributed by atoms with Crippen LogP contribution in [0.15, 0.2) is 55.0 Å². The second-order valence-electron chi connectivity index (χ2n) is 4.89. The summed E-state index contributed by atoms with van der Waals surface area (Å²) in [7, 11) is 0. The Morgan fingerprint density at radius 3 is 2.38 bits per heavy atom. The van der Waals surface area contributed by atoms with Gasteiger partial charge in [0.25, 0.3) is 0 Å². The van der Waals surface area contributed by atoms with Crippen molar-refractivity contribution in [3.8, 4) is 16.9 Å². The average Bonchev–Trinajstić information content (AvgIpc) is 3.00. The Hall–Kier alpha value is -3.16. The number of carbonyl (C=O) groups is 1. The number of carboxylic acids is 1. The van der Waals surface area contributed by atoms with Crippen LogP contribution in [0.4, 0.5) is 13.2 Å². The summed E-state index contributed by atoms with van der Waals surface area (Å²) in [6.45, 7) is 0. The van der Waals surface area contributed by atoms with Gasteiger partial charge in [-0.25, -0.2) is 9.48 Å². The van der Waals surface area contributed by atoms with Crippen LogP contribution in [0.2, 0.25) is 0 Å². The molecule has 0 bridgehead atoms. The van der Waals surface area contributed by atoms with Crippen LogP contribution in [-0.2, 0) is 6.18 Å². The molecule has 24 heavy (non-hydrogen) atoms. The molecule has 2 aromatic heterocycles. The molecule has 0 spiro atoms. The zero-order valence-corrected chi connectivity index (χ0v) is 12.0. The van der Waals surface area contributed by atoms with Crippen molar-refractivity contribution in [2.75, 3.05) is 0 Å². The minimum Gasteiger partial charge on any atom is -0.478 e.